The SMILES string of the molecule is O=c1c2cc(F)ccc2oc2cc3c(=O)c4cccc(-n5c6ccccc6c6c7ccccc7oc65)c4oc3cc12. The highest BCUT2D eigenvalue weighted by molar-refractivity contribution is 6.20. The van der Waals surface area contributed by atoms with E-state index < -0.39 is 11.2 Å². The van der Waals surface area contributed by atoms with Crippen LogP contribution in [-0.2, 0) is 0 Å². The van der Waals surface area contributed by atoms with Gasteiger partial charge in [0.25, 0.3) is 0 Å². The Balaban J connectivity index is 1.42. The van der Waals surface area contributed by atoms with E-state index in [1.54, 1.807) is 6.07 Å². The number of furan rings is 1. The first-order chi connectivity index (χ1) is 20.1. The zero-order valence-corrected chi connectivity index (χ0v) is 21.1. The number of nitrogens with zero attached hydrogens (tertiary/aromatic N) is 1. The lowest BCUT2D eigenvalue weighted by atomic mass is 10.1. The Bertz CT molecular complexity index is 2710. The normalized spacial score (nSPS) is 12.2. The number of halogens is 1. The van der Waals surface area contributed by atoms with Crippen molar-refractivity contribution in [2.24, 2.45) is 0 Å². The third-order valence-corrected chi connectivity index (χ3v) is 7.86. The van der Waals surface area contributed by atoms with Gasteiger partial charge in [-0.1, -0.05) is 42.5 Å². The second-order valence-electron chi connectivity index (χ2n) is 10.1. The number of rotatable bonds is 1. The molecular weight excluding hydrogens is 521 g/mol. The molecule has 7 heteroatoms. The lowest BCUT2D eigenvalue weighted by molar-refractivity contribution is 0.623. The molecule has 0 radical (unpaired) electrons. The van der Waals surface area contributed by atoms with Gasteiger partial charge in [-0.05, 0) is 54.6 Å². The molecule has 6 nitrogen and oxygen atoms in total. The van der Waals surface area contributed by atoms with Crippen molar-refractivity contribution in [3.8, 4) is 5.69 Å². The minimum absolute atomic E-state index is 0.117. The summed E-state index contributed by atoms with van der Waals surface area (Å²) >= 11 is 0. The highest BCUT2D eigenvalue weighted by Gasteiger charge is 2.22. The molecule has 9 aromatic rings. The fraction of sp³-hybridized carbons (Fsp3) is 0. The molecule has 0 aliphatic rings. The fourth-order valence-corrected chi connectivity index (χ4v) is 6.04. The fourth-order valence-electron chi connectivity index (χ4n) is 6.04. The first-order valence-corrected chi connectivity index (χ1v) is 13.0. The molecule has 4 aromatic heterocycles. The van der Waals surface area contributed by atoms with Gasteiger partial charge in [0.2, 0.25) is 16.6 Å². The van der Waals surface area contributed by atoms with Gasteiger partial charge in [-0.25, -0.2) is 4.39 Å². The van der Waals surface area contributed by atoms with E-state index in [2.05, 4.69) is 0 Å². The summed E-state index contributed by atoms with van der Waals surface area (Å²) in [5, 5.41) is 3.94. The minimum atomic E-state index is -0.539. The number of hydrogen-bond donors (Lipinski definition) is 0. The van der Waals surface area contributed by atoms with Crippen LogP contribution in [0, 0.1) is 5.82 Å². The van der Waals surface area contributed by atoms with Crippen LogP contribution in [0.4, 0.5) is 4.39 Å². The van der Waals surface area contributed by atoms with E-state index in [-0.39, 0.29) is 38.3 Å². The predicted molar refractivity (Wildman–Crippen MR) is 158 cm³/mol. The van der Waals surface area contributed by atoms with E-state index in [1.807, 2.05) is 65.2 Å². The van der Waals surface area contributed by atoms with Gasteiger partial charge in [-0.3, -0.25) is 14.2 Å². The van der Waals surface area contributed by atoms with Crippen molar-refractivity contribution in [2.45, 2.75) is 0 Å². The molecule has 0 amide bonds. The quantitative estimate of drug-likeness (QED) is 0.197. The third-order valence-electron chi connectivity index (χ3n) is 7.86. The molecule has 0 fully saturated rings. The Morgan fingerprint density at radius 1 is 0.537 bits per heavy atom. The zero-order valence-electron chi connectivity index (χ0n) is 21.1. The molecule has 0 atom stereocenters. The molecule has 0 spiro atoms. The van der Waals surface area contributed by atoms with Crippen LogP contribution in [0.15, 0.2) is 120 Å². The van der Waals surface area contributed by atoms with Gasteiger partial charge in [0.1, 0.15) is 28.1 Å². The van der Waals surface area contributed by atoms with Gasteiger partial charge >= 0.3 is 0 Å². The molecular formula is C34H16FNO5. The highest BCUT2D eigenvalue weighted by Crippen LogP contribution is 2.40. The summed E-state index contributed by atoms with van der Waals surface area (Å²) in [6, 6.07) is 28.1. The molecule has 0 unspecified atom stereocenters. The van der Waals surface area contributed by atoms with Gasteiger partial charge in [-0.2, -0.15) is 0 Å². The predicted octanol–water partition coefficient (Wildman–Crippen LogP) is 8.19. The van der Waals surface area contributed by atoms with Crippen molar-refractivity contribution in [1.29, 1.82) is 0 Å². The Hall–Kier alpha value is -5.69. The van der Waals surface area contributed by atoms with Crippen LogP contribution in [0.1, 0.15) is 0 Å². The lowest BCUT2D eigenvalue weighted by Gasteiger charge is -2.10. The van der Waals surface area contributed by atoms with Crippen LogP contribution in [0.3, 0.4) is 0 Å². The number of hydrogen-bond acceptors (Lipinski definition) is 5. The van der Waals surface area contributed by atoms with Gasteiger partial charge < -0.3 is 13.3 Å². The number of aromatic nitrogens is 1. The first-order valence-electron chi connectivity index (χ1n) is 13.0. The van der Waals surface area contributed by atoms with Crippen LogP contribution in [0.2, 0.25) is 0 Å². The summed E-state index contributed by atoms with van der Waals surface area (Å²) in [4.78, 5) is 27.2. The van der Waals surface area contributed by atoms with E-state index in [4.69, 9.17) is 13.3 Å². The van der Waals surface area contributed by atoms with Crippen LogP contribution in [-0.4, -0.2) is 4.57 Å². The standard InChI is InChI=1S/C34H16FNO5/c35-17-12-13-27-21(14-17)32(38)22-16-29-23(15-28(22)39-27)31(37)20-8-5-10-25(33(20)40-29)36-24-9-3-1-6-18(24)30-19-7-2-4-11-26(19)41-34(30)36/h1-16H. The van der Waals surface area contributed by atoms with Crippen molar-refractivity contribution in [2.75, 3.05) is 0 Å². The maximum Gasteiger partial charge on any atom is 0.213 e. The van der Waals surface area contributed by atoms with Crippen LogP contribution in [0.5, 0.6) is 0 Å². The van der Waals surface area contributed by atoms with Gasteiger partial charge in [-0.15, -0.1) is 0 Å². The molecule has 0 saturated carbocycles. The molecule has 0 aliphatic heterocycles. The summed E-state index contributed by atoms with van der Waals surface area (Å²) in [6.07, 6.45) is 0. The third kappa shape index (κ3) is 2.89. The summed E-state index contributed by atoms with van der Waals surface area (Å²) in [5.74, 6) is -0.539. The summed E-state index contributed by atoms with van der Waals surface area (Å²) in [7, 11) is 0. The van der Waals surface area contributed by atoms with Gasteiger partial charge in [0, 0.05) is 10.8 Å². The minimum Gasteiger partial charge on any atom is -0.456 e. The van der Waals surface area contributed by atoms with Crippen molar-refractivity contribution in [3.05, 3.63) is 123 Å². The Morgan fingerprint density at radius 2 is 1.20 bits per heavy atom. The topological polar surface area (TPSA) is 78.5 Å². The monoisotopic (exact) mass is 537 g/mol. The molecule has 9 rings (SSSR count). The van der Waals surface area contributed by atoms with Crippen molar-refractivity contribution < 1.29 is 17.6 Å². The van der Waals surface area contributed by atoms with E-state index in [1.165, 1.54) is 24.3 Å². The average Bonchev–Trinajstić information content (AvgIpc) is 3.52. The molecule has 0 N–H and O–H groups in total. The molecule has 194 valence electrons. The summed E-state index contributed by atoms with van der Waals surface area (Å²) in [5.41, 5.74) is 3.29. The van der Waals surface area contributed by atoms with E-state index >= 15 is 0 Å². The van der Waals surface area contributed by atoms with Crippen molar-refractivity contribution in [1.82, 2.24) is 4.57 Å². The molecule has 41 heavy (non-hydrogen) atoms. The second kappa shape index (κ2) is 7.70. The largest absolute Gasteiger partial charge is 0.456 e. The average molecular weight is 538 g/mol. The van der Waals surface area contributed by atoms with Crippen molar-refractivity contribution >= 4 is 76.8 Å². The van der Waals surface area contributed by atoms with Crippen LogP contribution < -0.4 is 10.9 Å². The number of fused-ring (bicyclic) bond motifs is 9. The van der Waals surface area contributed by atoms with E-state index in [0.717, 1.165) is 33.3 Å². The van der Waals surface area contributed by atoms with Crippen LogP contribution in [0.25, 0.3) is 82.5 Å². The summed E-state index contributed by atoms with van der Waals surface area (Å²) < 4.78 is 34.6. The number of para-hydroxylation sites is 3. The van der Waals surface area contributed by atoms with Crippen LogP contribution >= 0.6 is 0 Å². The Morgan fingerprint density at radius 3 is 2.05 bits per heavy atom. The van der Waals surface area contributed by atoms with Crippen molar-refractivity contribution in [3.63, 3.8) is 0 Å². The summed E-state index contributed by atoms with van der Waals surface area (Å²) in [6.45, 7) is 0. The van der Waals surface area contributed by atoms with E-state index in [9.17, 15) is 14.0 Å². The zero-order chi connectivity index (χ0) is 27.4. The van der Waals surface area contributed by atoms with Gasteiger partial charge in [0.15, 0.2) is 5.58 Å². The lowest BCUT2D eigenvalue weighted by Crippen LogP contribution is -2.07. The molecule has 0 saturated heterocycles. The highest BCUT2D eigenvalue weighted by atomic mass is 19.1. The maximum absolute atomic E-state index is 13.9. The smallest absolute Gasteiger partial charge is 0.213 e. The van der Waals surface area contributed by atoms with E-state index in [0.29, 0.717) is 22.4 Å². The molecule has 0 aliphatic carbocycles. The first kappa shape index (κ1) is 22.2. The molecule has 4 heterocycles. The Kier molecular flexibility index (Phi) is 4.16. The second-order valence-corrected chi connectivity index (χ2v) is 10.1. The number of benzene rings is 5. The Labute approximate surface area is 228 Å². The molecule has 0 bridgehead atoms. The maximum atomic E-state index is 13.9. The van der Waals surface area contributed by atoms with Gasteiger partial charge in [0.05, 0.1) is 38.1 Å². The molecule has 5 aromatic carbocycles.